The Morgan fingerprint density at radius 1 is 0.978 bits per heavy atom. The molecule has 0 spiro atoms. The van der Waals surface area contributed by atoms with Gasteiger partial charge in [0.1, 0.15) is 5.75 Å². The van der Waals surface area contributed by atoms with E-state index in [1.165, 1.54) is 24.2 Å². The standard InChI is InChI=1S/C36H37Cl2N3O3S/c37-27-10-13-29(31(38)21-27)33-30(25-8-11-28(12-9-25)44-20-4-5-24-14-17-40-23-24)22-32(45-33)34(42)41-18-15-36(16-19-41,35(39)43)26-6-2-1-3-7-26/h1-3,6-13,21-22,24,40H,4-5,14-20,23H2,(H2,39,43). The fourth-order valence-electron chi connectivity index (χ4n) is 6.52. The van der Waals surface area contributed by atoms with Gasteiger partial charge >= 0.3 is 0 Å². The van der Waals surface area contributed by atoms with E-state index >= 15 is 0 Å². The highest BCUT2D eigenvalue weighted by Crippen LogP contribution is 2.44. The lowest BCUT2D eigenvalue weighted by atomic mass is 9.72. The van der Waals surface area contributed by atoms with Gasteiger partial charge in [0.15, 0.2) is 0 Å². The molecule has 3 aromatic carbocycles. The van der Waals surface area contributed by atoms with Crippen LogP contribution in [0.5, 0.6) is 5.75 Å². The number of carbonyl (C=O) groups excluding carboxylic acids is 2. The van der Waals surface area contributed by atoms with Gasteiger partial charge in [-0.15, -0.1) is 11.3 Å². The van der Waals surface area contributed by atoms with Gasteiger partial charge in [-0.25, -0.2) is 0 Å². The molecule has 4 aromatic rings. The average Bonchev–Trinajstić information content (AvgIpc) is 3.74. The lowest BCUT2D eigenvalue weighted by Gasteiger charge is -2.40. The first-order valence-corrected chi connectivity index (χ1v) is 17.1. The Morgan fingerprint density at radius 3 is 2.40 bits per heavy atom. The van der Waals surface area contributed by atoms with Crippen LogP contribution in [-0.2, 0) is 10.2 Å². The first kappa shape index (κ1) is 31.6. The maximum atomic E-state index is 13.9. The number of amides is 2. The van der Waals surface area contributed by atoms with Crippen LogP contribution in [-0.4, -0.2) is 49.5 Å². The highest BCUT2D eigenvalue weighted by atomic mass is 35.5. The normalized spacial score (nSPS) is 17.7. The molecule has 6 rings (SSSR count). The second kappa shape index (κ2) is 14.0. The monoisotopic (exact) mass is 661 g/mol. The van der Waals surface area contributed by atoms with Gasteiger partial charge < -0.3 is 20.7 Å². The van der Waals surface area contributed by atoms with Crippen LogP contribution in [0.2, 0.25) is 10.0 Å². The lowest BCUT2D eigenvalue weighted by molar-refractivity contribution is -0.125. The van der Waals surface area contributed by atoms with E-state index < -0.39 is 5.41 Å². The number of rotatable bonds is 10. The molecule has 45 heavy (non-hydrogen) atoms. The van der Waals surface area contributed by atoms with E-state index in [0.717, 1.165) is 58.3 Å². The number of nitrogens with two attached hydrogens (primary N) is 1. The van der Waals surface area contributed by atoms with Crippen molar-refractivity contribution in [1.29, 1.82) is 0 Å². The number of benzene rings is 3. The maximum absolute atomic E-state index is 13.9. The van der Waals surface area contributed by atoms with Gasteiger partial charge in [-0.3, -0.25) is 9.59 Å². The Balaban J connectivity index is 1.22. The molecule has 3 N–H and O–H groups in total. The number of likely N-dealkylation sites (tertiary alicyclic amines) is 1. The van der Waals surface area contributed by atoms with Crippen molar-refractivity contribution in [3.8, 4) is 27.3 Å². The van der Waals surface area contributed by atoms with Crippen LogP contribution in [0, 0.1) is 5.92 Å². The predicted molar refractivity (Wildman–Crippen MR) is 183 cm³/mol. The molecule has 9 heteroatoms. The molecule has 0 bridgehead atoms. The molecule has 2 fully saturated rings. The number of ether oxygens (including phenoxy) is 1. The van der Waals surface area contributed by atoms with E-state index in [1.807, 2.05) is 77.7 Å². The number of nitrogens with one attached hydrogen (secondary N) is 1. The average molecular weight is 663 g/mol. The minimum Gasteiger partial charge on any atom is -0.494 e. The number of thiophene rings is 1. The number of primary amides is 1. The summed E-state index contributed by atoms with van der Waals surface area (Å²) >= 11 is 14.3. The summed E-state index contributed by atoms with van der Waals surface area (Å²) in [6.45, 7) is 3.79. The summed E-state index contributed by atoms with van der Waals surface area (Å²) in [5.74, 6) is 1.16. The molecule has 0 aliphatic carbocycles. The van der Waals surface area contributed by atoms with Crippen LogP contribution in [0.25, 0.3) is 21.6 Å². The fourth-order valence-corrected chi connectivity index (χ4v) is 8.27. The smallest absolute Gasteiger partial charge is 0.263 e. The van der Waals surface area contributed by atoms with Crippen LogP contribution < -0.4 is 15.8 Å². The second-order valence-corrected chi connectivity index (χ2v) is 13.9. The van der Waals surface area contributed by atoms with Gasteiger partial charge in [0.2, 0.25) is 5.91 Å². The van der Waals surface area contributed by atoms with Crippen molar-refractivity contribution in [2.75, 3.05) is 32.8 Å². The van der Waals surface area contributed by atoms with Crippen molar-refractivity contribution in [3.05, 3.63) is 99.3 Å². The zero-order chi connectivity index (χ0) is 31.4. The SMILES string of the molecule is NC(=O)C1(c2ccccc2)CCN(C(=O)c2cc(-c3ccc(OCCCC4CCNC4)cc3)c(-c3ccc(Cl)cc3Cl)s2)CC1. The Bertz CT molecular complexity index is 1640. The molecule has 0 radical (unpaired) electrons. The third kappa shape index (κ3) is 6.92. The molecule has 6 nitrogen and oxygen atoms in total. The molecular weight excluding hydrogens is 625 g/mol. The predicted octanol–water partition coefficient (Wildman–Crippen LogP) is 7.82. The Morgan fingerprint density at radius 2 is 1.73 bits per heavy atom. The van der Waals surface area contributed by atoms with Crippen molar-refractivity contribution >= 4 is 46.4 Å². The van der Waals surface area contributed by atoms with Crippen molar-refractivity contribution in [1.82, 2.24) is 10.2 Å². The van der Waals surface area contributed by atoms with Gasteiger partial charge in [-0.05, 0) is 92.6 Å². The molecule has 0 saturated carbocycles. The molecule has 1 atom stereocenters. The first-order valence-electron chi connectivity index (χ1n) is 15.5. The van der Waals surface area contributed by atoms with Crippen LogP contribution >= 0.6 is 34.5 Å². The minimum atomic E-state index is -0.780. The largest absolute Gasteiger partial charge is 0.494 e. The zero-order valence-electron chi connectivity index (χ0n) is 25.1. The van der Waals surface area contributed by atoms with Crippen molar-refractivity contribution in [3.63, 3.8) is 0 Å². The summed E-state index contributed by atoms with van der Waals surface area (Å²) < 4.78 is 6.04. The molecule has 2 amide bonds. The number of carbonyl (C=O) groups is 2. The summed E-state index contributed by atoms with van der Waals surface area (Å²) in [5, 5.41) is 4.49. The summed E-state index contributed by atoms with van der Waals surface area (Å²) in [5.41, 5.74) is 8.76. The van der Waals surface area contributed by atoms with Crippen LogP contribution in [0.1, 0.15) is 47.3 Å². The number of hydrogen-bond donors (Lipinski definition) is 2. The number of nitrogens with zero attached hydrogens (tertiary/aromatic N) is 1. The number of hydrogen-bond acceptors (Lipinski definition) is 5. The quantitative estimate of drug-likeness (QED) is 0.170. The highest BCUT2D eigenvalue weighted by molar-refractivity contribution is 7.18. The molecular formula is C36H37Cl2N3O3S. The second-order valence-electron chi connectivity index (χ2n) is 12.0. The van der Waals surface area contributed by atoms with Crippen LogP contribution in [0.15, 0.2) is 78.9 Å². The Hall–Kier alpha value is -3.36. The number of halogens is 2. The first-order chi connectivity index (χ1) is 21.8. The molecule has 2 aliphatic heterocycles. The van der Waals surface area contributed by atoms with Crippen LogP contribution in [0.4, 0.5) is 0 Å². The fraction of sp³-hybridized carbons (Fsp3) is 0.333. The van der Waals surface area contributed by atoms with Gasteiger partial charge in [-0.2, -0.15) is 0 Å². The minimum absolute atomic E-state index is 0.0684. The summed E-state index contributed by atoms with van der Waals surface area (Å²) in [4.78, 5) is 29.9. The summed E-state index contributed by atoms with van der Waals surface area (Å²) in [6.07, 6.45) is 4.41. The summed E-state index contributed by atoms with van der Waals surface area (Å²) in [6, 6.07) is 25.1. The highest BCUT2D eigenvalue weighted by Gasteiger charge is 2.42. The molecule has 3 heterocycles. The van der Waals surface area contributed by atoms with E-state index in [0.29, 0.717) is 47.5 Å². The van der Waals surface area contributed by atoms with E-state index in [4.69, 9.17) is 33.7 Å². The maximum Gasteiger partial charge on any atom is 0.263 e. The van der Waals surface area contributed by atoms with E-state index in [-0.39, 0.29) is 11.8 Å². The van der Waals surface area contributed by atoms with Gasteiger partial charge in [0.25, 0.3) is 5.91 Å². The molecule has 234 valence electrons. The zero-order valence-corrected chi connectivity index (χ0v) is 27.4. The third-order valence-corrected chi connectivity index (χ3v) is 10.9. The van der Waals surface area contributed by atoms with E-state index in [2.05, 4.69) is 5.32 Å². The molecule has 1 unspecified atom stereocenters. The molecule has 2 aliphatic rings. The van der Waals surface area contributed by atoms with Crippen molar-refractivity contribution in [2.45, 2.75) is 37.5 Å². The Labute approximate surface area is 278 Å². The van der Waals surface area contributed by atoms with Gasteiger partial charge in [0, 0.05) is 34.1 Å². The molecule has 2 saturated heterocycles. The van der Waals surface area contributed by atoms with E-state index in [1.54, 1.807) is 6.07 Å². The van der Waals surface area contributed by atoms with Crippen molar-refractivity contribution < 1.29 is 14.3 Å². The van der Waals surface area contributed by atoms with E-state index in [9.17, 15) is 9.59 Å². The van der Waals surface area contributed by atoms with Gasteiger partial charge in [-0.1, -0.05) is 71.7 Å². The Kier molecular flexibility index (Phi) is 9.81. The third-order valence-electron chi connectivity index (χ3n) is 9.17. The lowest BCUT2D eigenvalue weighted by Crippen LogP contribution is -2.51. The topological polar surface area (TPSA) is 84.7 Å². The van der Waals surface area contributed by atoms with Gasteiger partial charge in [0.05, 0.1) is 21.9 Å². The van der Waals surface area contributed by atoms with Crippen molar-refractivity contribution in [2.24, 2.45) is 11.7 Å². The molecule has 1 aromatic heterocycles. The van der Waals surface area contributed by atoms with Crippen LogP contribution in [0.3, 0.4) is 0 Å². The summed E-state index contributed by atoms with van der Waals surface area (Å²) in [7, 11) is 0. The number of piperidine rings is 1.